The number of nitrogens with one attached hydrogen (secondary N) is 1. The van der Waals surface area contributed by atoms with E-state index in [1.165, 1.54) is 29.6 Å². The number of hydrogen-bond donors (Lipinski definition) is 1. The fourth-order valence-corrected chi connectivity index (χ4v) is 4.29. The second-order valence-corrected chi connectivity index (χ2v) is 7.15. The molecule has 0 spiro atoms. The largest absolute Gasteiger partial charge is 0.373 e. The topological polar surface area (TPSA) is 37.4 Å². The Morgan fingerprint density at radius 2 is 2.43 bits per heavy atom. The van der Waals surface area contributed by atoms with E-state index in [0.29, 0.717) is 6.04 Å². The number of morpholine rings is 1. The smallest absolute Gasteiger partial charge is 0.183 e. The first-order valence-electron chi connectivity index (χ1n) is 7.75. The minimum atomic E-state index is 0.285. The van der Waals surface area contributed by atoms with E-state index >= 15 is 0 Å². The van der Waals surface area contributed by atoms with Gasteiger partial charge in [0.25, 0.3) is 0 Å². The number of anilines is 1. The van der Waals surface area contributed by atoms with E-state index in [4.69, 9.17) is 4.74 Å². The molecule has 0 aliphatic carbocycles. The number of fused-ring (bicyclic) bond motifs is 2. The highest BCUT2D eigenvalue weighted by molar-refractivity contribution is 7.22. The van der Waals surface area contributed by atoms with Gasteiger partial charge in [-0.15, -0.1) is 0 Å². The van der Waals surface area contributed by atoms with Crippen LogP contribution >= 0.6 is 11.3 Å². The van der Waals surface area contributed by atoms with Crippen LogP contribution < -0.4 is 5.32 Å². The lowest BCUT2D eigenvalue weighted by atomic mass is 10.2. The molecule has 2 aliphatic rings. The molecular weight excluding hydrogens is 282 g/mol. The minimum absolute atomic E-state index is 0.285. The van der Waals surface area contributed by atoms with Gasteiger partial charge in [-0.05, 0) is 44.0 Å². The number of ether oxygens (including phenoxy) is 1. The molecule has 4 rings (SSSR count). The maximum absolute atomic E-state index is 5.98. The van der Waals surface area contributed by atoms with Crippen molar-refractivity contribution in [1.29, 1.82) is 0 Å². The van der Waals surface area contributed by atoms with Crippen LogP contribution in [0, 0.1) is 6.92 Å². The van der Waals surface area contributed by atoms with Gasteiger partial charge < -0.3 is 10.1 Å². The highest BCUT2D eigenvalue weighted by atomic mass is 32.1. The Morgan fingerprint density at radius 3 is 3.38 bits per heavy atom. The minimum Gasteiger partial charge on any atom is -0.373 e. The Hall–Kier alpha value is -1.17. The third-order valence-corrected chi connectivity index (χ3v) is 5.46. The molecule has 3 heterocycles. The van der Waals surface area contributed by atoms with Crippen molar-refractivity contribution in [1.82, 2.24) is 9.88 Å². The van der Waals surface area contributed by atoms with Gasteiger partial charge >= 0.3 is 0 Å². The summed E-state index contributed by atoms with van der Waals surface area (Å²) in [5, 5.41) is 4.46. The van der Waals surface area contributed by atoms with Gasteiger partial charge in [0.1, 0.15) is 0 Å². The van der Waals surface area contributed by atoms with Crippen molar-refractivity contribution in [2.75, 3.05) is 31.6 Å². The van der Waals surface area contributed by atoms with Crippen molar-refractivity contribution < 1.29 is 4.74 Å². The van der Waals surface area contributed by atoms with E-state index in [1.54, 1.807) is 11.3 Å². The lowest BCUT2D eigenvalue weighted by molar-refractivity contribution is -0.0415. The summed E-state index contributed by atoms with van der Waals surface area (Å²) in [5.74, 6) is 0. The summed E-state index contributed by atoms with van der Waals surface area (Å²) in [6.07, 6.45) is 2.91. The van der Waals surface area contributed by atoms with Crippen molar-refractivity contribution in [2.24, 2.45) is 0 Å². The molecule has 2 aromatic rings. The summed E-state index contributed by atoms with van der Waals surface area (Å²) >= 11 is 1.73. The van der Waals surface area contributed by atoms with Crippen LogP contribution in [0.1, 0.15) is 18.4 Å². The molecule has 2 saturated heterocycles. The molecule has 0 radical (unpaired) electrons. The van der Waals surface area contributed by atoms with Crippen molar-refractivity contribution in [3.05, 3.63) is 23.8 Å². The van der Waals surface area contributed by atoms with Gasteiger partial charge in [-0.25, -0.2) is 4.98 Å². The van der Waals surface area contributed by atoms with E-state index in [9.17, 15) is 0 Å². The molecule has 5 heteroatoms. The molecule has 0 amide bonds. The number of rotatable bonds is 3. The third kappa shape index (κ3) is 2.78. The molecule has 0 bridgehead atoms. The second kappa shape index (κ2) is 5.55. The van der Waals surface area contributed by atoms with Gasteiger partial charge in [-0.1, -0.05) is 17.4 Å². The fraction of sp³-hybridized carbons (Fsp3) is 0.562. The van der Waals surface area contributed by atoms with Crippen molar-refractivity contribution in [3.63, 3.8) is 0 Å². The quantitative estimate of drug-likeness (QED) is 0.946. The maximum atomic E-state index is 5.98. The monoisotopic (exact) mass is 303 g/mol. The lowest BCUT2D eigenvalue weighted by Gasteiger charge is -2.35. The van der Waals surface area contributed by atoms with E-state index < -0.39 is 0 Å². The summed E-state index contributed by atoms with van der Waals surface area (Å²) in [6.45, 7) is 6.16. The Morgan fingerprint density at radius 1 is 1.48 bits per heavy atom. The fourth-order valence-electron chi connectivity index (χ4n) is 3.32. The van der Waals surface area contributed by atoms with Gasteiger partial charge in [0, 0.05) is 19.1 Å². The van der Waals surface area contributed by atoms with Gasteiger partial charge in [0.05, 0.1) is 22.9 Å². The first-order chi connectivity index (χ1) is 10.3. The molecule has 1 aromatic heterocycles. The zero-order valence-electron chi connectivity index (χ0n) is 12.3. The summed E-state index contributed by atoms with van der Waals surface area (Å²) in [6, 6.07) is 7.08. The normalized spacial score (nSPS) is 26.1. The molecule has 0 saturated carbocycles. The van der Waals surface area contributed by atoms with Gasteiger partial charge in [0.2, 0.25) is 0 Å². The predicted octanol–water partition coefficient (Wildman–Crippen LogP) is 2.88. The van der Waals surface area contributed by atoms with Gasteiger partial charge in [-0.3, -0.25) is 4.90 Å². The number of aromatic nitrogens is 1. The summed E-state index contributed by atoms with van der Waals surface area (Å²) in [7, 11) is 0. The number of benzene rings is 1. The van der Waals surface area contributed by atoms with Crippen molar-refractivity contribution >= 4 is 26.7 Å². The summed E-state index contributed by atoms with van der Waals surface area (Å²) < 4.78 is 7.23. The lowest BCUT2D eigenvalue weighted by Crippen LogP contribution is -2.48. The predicted molar refractivity (Wildman–Crippen MR) is 87.2 cm³/mol. The highest BCUT2D eigenvalue weighted by Crippen LogP contribution is 2.27. The number of thiazole rings is 1. The average molecular weight is 303 g/mol. The number of aryl methyl sites for hydroxylation is 1. The van der Waals surface area contributed by atoms with E-state index in [0.717, 1.165) is 30.3 Å². The van der Waals surface area contributed by atoms with E-state index in [1.807, 2.05) is 0 Å². The van der Waals surface area contributed by atoms with Crippen LogP contribution in [0.3, 0.4) is 0 Å². The first kappa shape index (κ1) is 13.5. The van der Waals surface area contributed by atoms with Crippen LogP contribution in [0.2, 0.25) is 0 Å². The molecule has 1 N–H and O–H groups in total. The second-order valence-electron chi connectivity index (χ2n) is 6.12. The van der Waals surface area contributed by atoms with Crippen LogP contribution in [-0.4, -0.2) is 48.3 Å². The van der Waals surface area contributed by atoms with E-state index in [2.05, 4.69) is 40.3 Å². The molecule has 112 valence electrons. The Labute approximate surface area is 129 Å². The number of nitrogens with zero attached hydrogens (tertiary/aromatic N) is 2. The molecular formula is C16H21N3OS. The third-order valence-electron chi connectivity index (χ3n) is 4.49. The van der Waals surface area contributed by atoms with Crippen molar-refractivity contribution in [2.45, 2.75) is 31.9 Å². The van der Waals surface area contributed by atoms with Crippen LogP contribution in [-0.2, 0) is 4.74 Å². The highest BCUT2D eigenvalue weighted by Gasteiger charge is 2.32. The molecule has 2 unspecified atom stereocenters. The summed E-state index contributed by atoms with van der Waals surface area (Å²) in [5.41, 5.74) is 2.37. The van der Waals surface area contributed by atoms with E-state index in [-0.39, 0.29) is 6.10 Å². The average Bonchev–Trinajstić information content (AvgIpc) is 3.09. The molecule has 21 heavy (non-hydrogen) atoms. The molecule has 2 aliphatic heterocycles. The molecule has 4 nitrogen and oxygen atoms in total. The van der Waals surface area contributed by atoms with Crippen LogP contribution in [0.15, 0.2) is 18.2 Å². The zero-order valence-corrected chi connectivity index (χ0v) is 13.2. The first-order valence-corrected chi connectivity index (χ1v) is 8.56. The van der Waals surface area contributed by atoms with Crippen LogP contribution in [0.25, 0.3) is 10.2 Å². The van der Waals surface area contributed by atoms with Crippen LogP contribution in [0.5, 0.6) is 0 Å². The molecule has 1 aromatic carbocycles. The van der Waals surface area contributed by atoms with Crippen molar-refractivity contribution in [3.8, 4) is 0 Å². The summed E-state index contributed by atoms with van der Waals surface area (Å²) in [4.78, 5) is 7.22. The van der Waals surface area contributed by atoms with Gasteiger partial charge in [0.15, 0.2) is 5.13 Å². The van der Waals surface area contributed by atoms with Gasteiger partial charge in [-0.2, -0.15) is 0 Å². The number of hydrogen-bond acceptors (Lipinski definition) is 5. The van der Waals surface area contributed by atoms with Crippen LogP contribution in [0.4, 0.5) is 5.13 Å². The Bertz CT molecular complexity index is 641. The zero-order chi connectivity index (χ0) is 14.2. The standard InChI is InChI=1S/C16H21N3OS/c1-11-4-5-14-15(7-11)21-16(18-14)17-8-13-9-19-6-2-3-12(19)10-20-13/h4-5,7,12-13H,2-3,6,8-10H2,1H3,(H,17,18). The molecule has 2 fully saturated rings. The SMILES string of the molecule is Cc1ccc2nc(NCC3CN4CCCC4CO3)sc2c1. The molecule has 2 atom stereocenters. The Kier molecular flexibility index (Phi) is 3.57. The Balaban J connectivity index is 1.39. The maximum Gasteiger partial charge on any atom is 0.183 e.